The molecule has 0 radical (unpaired) electrons. The van der Waals surface area contributed by atoms with Gasteiger partial charge in [0.2, 0.25) is 0 Å². The summed E-state index contributed by atoms with van der Waals surface area (Å²) in [5, 5.41) is 2.87. The summed E-state index contributed by atoms with van der Waals surface area (Å²) in [5.41, 5.74) is 5.53. The van der Waals surface area contributed by atoms with Crippen LogP contribution in [0.1, 0.15) is 25.7 Å². The van der Waals surface area contributed by atoms with E-state index >= 15 is 0 Å². The predicted octanol–water partition coefficient (Wildman–Crippen LogP) is 1.36. The first kappa shape index (κ1) is 10.9. The third-order valence-corrected chi connectivity index (χ3v) is 2.74. The van der Waals surface area contributed by atoms with Gasteiger partial charge in [0.1, 0.15) is 0 Å². The number of nitrogens with two attached hydrogens (primary N) is 1. The maximum Gasteiger partial charge on any atom is 0.250 e. The van der Waals surface area contributed by atoms with E-state index in [-0.39, 0.29) is 12.6 Å². The van der Waals surface area contributed by atoms with Crippen LogP contribution in [0.25, 0.3) is 0 Å². The fourth-order valence-corrected chi connectivity index (χ4v) is 1.86. The first-order chi connectivity index (χ1) is 6.22. The van der Waals surface area contributed by atoms with Gasteiger partial charge in [-0.2, -0.15) is 0 Å². The molecule has 0 spiro atoms. The van der Waals surface area contributed by atoms with Gasteiger partial charge in [0.05, 0.1) is 6.54 Å². The van der Waals surface area contributed by atoms with E-state index in [1.807, 2.05) is 0 Å². The van der Waals surface area contributed by atoms with Crippen LogP contribution in [-0.2, 0) is 0 Å². The second-order valence-electron chi connectivity index (χ2n) is 3.75. The largest absolute Gasteiger partial charge is 0.330 e. The molecule has 0 aromatic rings. The van der Waals surface area contributed by atoms with E-state index in [1.165, 1.54) is 0 Å². The molecule has 0 unspecified atom stereocenters. The highest BCUT2D eigenvalue weighted by Gasteiger charge is 2.20. The molecule has 0 atom stereocenters. The van der Waals surface area contributed by atoms with Gasteiger partial charge >= 0.3 is 0 Å². The van der Waals surface area contributed by atoms with Crippen LogP contribution in [0.5, 0.6) is 0 Å². The minimum atomic E-state index is -2.23. The van der Waals surface area contributed by atoms with Gasteiger partial charge in [-0.05, 0) is 38.1 Å². The van der Waals surface area contributed by atoms with Crippen molar-refractivity contribution >= 4 is 0 Å². The van der Waals surface area contributed by atoms with Gasteiger partial charge < -0.3 is 11.1 Å². The van der Waals surface area contributed by atoms with E-state index in [0.717, 1.165) is 32.2 Å². The van der Waals surface area contributed by atoms with Gasteiger partial charge in [0.15, 0.2) is 0 Å². The average Bonchev–Trinajstić information content (AvgIpc) is 2.15. The van der Waals surface area contributed by atoms with Crippen molar-refractivity contribution in [1.29, 1.82) is 0 Å². The second-order valence-corrected chi connectivity index (χ2v) is 3.75. The number of rotatable bonds is 4. The number of alkyl halides is 2. The Labute approximate surface area is 77.9 Å². The molecule has 78 valence electrons. The molecule has 13 heavy (non-hydrogen) atoms. The Morgan fingerprint density at radius 1 is 1.23 bits per heavy atom. The molecule has 0 aliphatic heterocycles. The van der Waals surface area contributed by atoms with Crippen molar-refractivity contribution in [1.82, 2.24) is 5.32 Å². The zero-order valence-corrected chi connectivity index (χ0v) is 7.81. The summed E-state index contributed by atoms with van der Waals surface area (Å²) in [7, 11) is 0. The van der Waals surface area contributed by atoms with E-state index in [9.17, 15) is 8.78 Å². The molecule has 1 saturated carbocycles. The van der Waals surface area contributed by atoms with Crippen molar-refractivity contribution in [3.8, 4) is 0 Å². The first-order valence-electron chi connectivity index (χ1n) is 4.94. The van der Waals surface area contributed by atoms with Gasteiger partial charge in [0, 0.05) is 6.04 Å². The summed E-state index contributed by atoms with van der Waals surface area (Å²) in [4.78, 5) is 0. The Kier molecular flexibility index (Phi) is 4.59. The summed E-state index contributed by atoms with van der Waals surface area (Å²) in [6, 6.07) is 0.289. The Morgan fingerprint density at radius 3 is 2.31 bits per heavy atom. The van der Waals surface area contributed by atoms with Gasteiger partial charge in [-0.1, -0.05) is 0 Å². The quantitative estimate of drug-likeness (QED) is 0.705. The number of nitrogens with one attached hydrogen (secondary N) is 1. The predicted molar refractivity (Wildman–Crippen MR) is 48.8 cm³/mol. The van der Waals surface area contributed by atoms with Crippen molar-refractivity contribution in [2.24, 2.45) is 11.7 Å². The molecule has 0 amide bonds. The zero-order valence-electron chi connectivity index (χ0n) is 7.81. The Morgan fingerprint density at radius 2 is 1.85 bits per heavy atom. The van der Waals surface area contributed by atoms with Gasteiger partial charge in [0.25, 0.3) is 6.43 Å². The summed E-state index contributed by atoms with van der Waals surface area (Å²) >= 11 is 0. The van der Waals surface area contributed by atoms with Crippen LogP contribution in [0, 0.1) is 5.92 Å². The van der Waals surface area contributed by atoms with E-state index in [4.69, 9.17) is 5.73 Å². The smallest absolute Gasteiger partial charge is 0.250 e. The number of hydrogen-bond donors (Lipinski definition) is 2. The van der Waals surface area contributed by atoms with Crippen LogP contribution in [0.3, 0.4) is 0 Å². The highest BCUT2D eigenvalue weighted by Crippen LogP contribution is 2.23. The molecular formula is C9H18F2N2. The van der Waals surface area contributed by atoms with Crippen molar-refractivity contribution in [2.75, 3.05) is 13.1 Å². The molecule has 4 heteroatoms. The Bertz CT molecular complexity index is 134. The minimum absolute atomic E-state index is 0.169. The number of hydrogen-bond acceptors (Lipinski definition) is 2. The Hall–Kier alpha value is -0.220. The lowest BCUT2D eigenvalue weighted by atomic mass is 9.86. The van der Waals surface area contributed by atoms with Crippen molar-refractivity contribution < 1.29 is 8.78 Å². The maximum atomic E-state index is 11.9. The number of halogens is 2. The van der Waals surface area contributed by atoms with E-state index in [2.05, 4.69) is 5.32 Å². The van der Waals surface area contributed by atoms with Crippen LogP contribution >= 0.6 is 0 Å². The standard InChI is InChI=1S/C9H18F2N2/c10-9(11)6-13-8-3-1-7(5-12)2-4-8/h7-9,13H,1-6,12H2. The summed E-state index contributed by atoms with van der Waals surface area (Å²) < 4.78 is 23.7. The molecule has 0 heterocycles. The molecule has 0 bridgehead atoms. The molecule has 1 aliphatic rings. The van der Waals surface area contributed by atoms with Gasteiger partial charge in [-0.15, -0.1) is 0 Å². The molecule has 2 nitrogen and oxygen atoms in total. The SMILES string of the molecule is NCC1CCC(NCC(F)F)CC1. The van der Waals surface area contributed by atoms with Crippen molar-refractivity contribution in [3.63, 3.8) is 0 Å². The van der Waals surface area contributed by atoms with Gasteiger partial charge in [-0.25, -0.2) is 8.78 Å². The third kappa shape index (κ3) is 4.00. The minimum Gasteiger partial charge on any atom is -0.330 e. The van der Waals surface area contributed by atoms with Crippen LogP contribution < -0.4 is 11.1 Å². The van der Waals surface area contributed by atoms with E-state index in [0.29, 0.717) is 5.92 Å². The zero-order chi connectivity index (χ0) is 9.68. The molecule has 1 rings (SSSR count). The van der Waals surface area contributed by atoms with E-state index < -0.39 is 6.43 Å². The lowest BCUT2D eigenvalue weighted by molar-refractivity contribution is 0.135. The van der Waals surface area contributed by atoms with E-state index in [1.54, 1.807) is 0 Å². The molecule has 1 fully saturated rings. The molecule has 0 aromatic carbocycles. The Balaban J connectivity index is 2.10. The molecule has 0 aromatic heterocycles. The highest BCUT2D eigenvalue weighted by atomic mass is 19.3. The normalized spacial score (nSPS) is 29.5. The van der Waals surface area contributed by atoms with Crippen LogP contribution in [0.2, 0.25) is 0 Å². The second kappa shape index (κ2) is 5.50. The highest BCUT2D eigenvalue weighted by molar-refractivity contribution is 4.77. The van der Waals surface area contributed by atoms with Crippen molar-refractivity contribution in [2.45, 2.75) is 38.2 Å². The fourth-order valence-electron chi connectivity index (χ4n) is 1.86. The lowest BCUT2D eigenvalue weighted by Gasteiger charge is -2.28. The molecule has 0 saturated heterocycles. The van der Waals surface area contributed by atoms with Crippen LogP contribution in [-0.4, -0.2) is 25.6 Å². The lowest BCUT2D eigenvalue weighted by Crippen LogP contribution is -2.37. The topological polar surface area (TPSA) is 38.0 Å². The van der Waals surface area contributed by atoms with Gasteiger partial charge in [-0.3, -0.25) is 0 Å². The first-order valence-corrected chi connectivity index (χ1v) is 4.94. The fraction of sp³-hybridized carbons (Fsp3) is 1.00. The van der Waals surface area contributed by atoms with Crippen LogP contribution in [0.4, 0.5) is 8.78 Å². The maximum absolute atomic E-state index is 11.9. The summed E-state index contributed by atoms with van der Waals surface area (Å²) in [5.74, 6) is 0.615. The molecular weight excluding hydrogens is 174 g/mol. The third-order valence-electron chi connectivity index (χ3n) is 2.74. The van der Waals surface area contributed by atoms with Crippen molar-refractivity contribution in [3.05, 3.63) is 0 Å². The average molecular weight is 192 g/mol. The summed E-state index contributed by atoms with van der Waals surface area (Å²) in [6.07, 6.45) is 1.92. The molecule has 3 N–H and O–H groups in total. The summed E-state index contributed by atoms with van der Waals surface area (Å²) in [6.45, 7) is 0.569. The van der Waals surface area contributed by atoms with Crippen LogP contribution in [0.15, 0.2) is 0 Å². The molecule has 1 aliphatic carbocycles. The monoisotopic (exact) mass is 192 g/mol.